The van der Waals surface area contributed by atoms with Crippen molar-refractivity contribution in [2.24, 2.45) is 0 Å². The Hall–Kier alpha value is -2.43. The minimum Gasteiger partial charge on any atom is -0.437 e. The normalized spacial score (nSPS) is 10.8. The fraction of sp³-hybridized carbons (Fsp3) is 0.154. The lowest BCUT2D eigenvalue weighted by molar-refractivity contribution is 0.530. The smallest absolute Gasteiger partial charge is 0.194 e. The third kappa shape index (κ3) is 1.79. The average molecular weight is 240 g/mol. The molecule has 90 valence electrons. The molecule has 0 saturated heterocycles. The Labute approximate surface area is 104 Å². The van der Waals surface area contributed by atoms with E-state index in [1.807, 2.05) is 44.2 Å². The SMILES string of the molecule is Cc1nc(C)c(-c2nc(-c3ccccc3)n[nH]2)o1. The van der Waals surface area contributed by atoms with Crippen molar-refractivity contribution in [3.05, 3.63) is 41.9 Å². The molecule has 0 bridgehead atoms. The molecule has 3 aromatic rings. The number of oxazole rings is 1. The van der Waals surface area contributed by atoms with Gasteiger partial charge >= 0.3 is 0 Å². The van der Waals surface area contributed by atoms with Gasteiger partial charge in [-0.1, -0.05) is 30.3 Å². The molecular formula is C13H12N4O. The lowest BCUT2D eigenvalue weighted by Gasteiger charge is -1.92. The molecule has 0 saturated carbocycles. The van der Waals surface area contributed by atoms with E-state index < -0.39 is 0 Å². The first kappa shape index (κ1) is 10.7. The van der Waals surface area contributed by atoms with Gasteiger partial charge in [0.1, 0.15) is 0 Å². The molecule has 0 amide bonds. The molecule has 0 spiro atoms. The fourth-order valence-electron chi connectivity index (χ4n) is 1.83. The van der Waals surface area contributed by atoms with Crippen molar-refractivity contribution in [3.8, 4) is 23.0 Å². The number of H-pyrrole nitrogens is 1. The minimum absolute atomic E-state index is 0.604. The highest BCUT2D eigenvalue weighted by Gasteiger charge is 2.14. The number of aromatic nitrogens is 4. The van der Waals surface area contributed by atoms with Crippen LogP contribution in [-0.4, -0.2) is 20.2 Å². The molecule has 5 heteroatoms. The van der Waals surface area contributed by atoms with Crippen molar-refractivity contribution in [2.75, 3.05) is 0 Å². The van der Waals surface area contributed by atoms with Gasteiger partial charge in [-0.2, -0.15) is 5.10 Å². The molecule has 0 aliphatic carbocycles. The van der Waals surface area contributed by atoms with E-state index in [9.17, 15) is 0 Å². The van der Waals surface area contributed by atoms with Gasteiger partial charge in [0.05, 0.1) is 5.69 Å². The van der Waals surface area contributed by atoms with Crippen LogP contribution in [0.2, 0.25) is 0 Å². The highest BCUT2D eigenvalue weighted by atomic mass is 16.4. The Morgan fingerprint density at radius 1 is 1.06 bits per heavy atom. The molecule has 0 aliphatic heterocycles. The predicted molar refractivity (Wildman–Crippen MR) is 66.8 cm³/mol. The van der Waals surface area contributed by atoms with Gasteiger partial charge in [0.15, 0.2) is 23.3 Å². The molecule has 5 nitrogen and oxygen atoms in total. The van der Waals surface area contributed by atoms with E-state index in [1.165, 1.54) is 0 Å². The standard InChI is InChI=1S/C13H12N4O/c1-8-11(18-9(2)14-8)13-15-12(16-17-13)10-6-4-3-5-7-10/h3-7H,1-2H3,(H,15,16,17). The van der Waals surface area contributed by atoms with Crippen LogP contribution in [0.1, 0.15) is 11.6 Å². The Bertz CT molecular complexity index is 669. The first-order chi connectivity index (χ1) is 8.74. The van der Waals surface area contributed by atoms with Gasteiger partial charge in [-0.25, -0.2) is 9.97 Å². The second-order valence-corrected chi connectivity index (χ2v) is 4.02. The van der Waals surface area contributed by atoms with Gasteiger partial charge in [0.25, 0.3) is 0 Å². The summed E-state index contributed by atoms with van der Waals surface area (Å²) in [6, 6.07) is 9.79. The summed E-state index contributed by atoms with van der Waals surface area (Å²) in [5.74, 6) is 2.52. The van der Waals surface area contributed by atoms with Crippen LogP contribution in [0.4, 0.5) is 0 Å². The van der Waals surface area contributed by atoms with Crippen LogP contribution in [0.15, 0.2) is 34.7 Å². The summed E-state index contributed by atoms with van der Waals surface area (Å²) in [5.41, 5.74) is 1.78. The molecule has 0 unspecified atom stereocenters. The maximum absolute atomic E-state index is 5.50. The number of benzene rings is 1. The Morgan fingerprint density at radius 3 is 2.50 bits per heavy atom. The lowest BCUT2D eigenvalue weighted by atomic mass is 10.2. The van der Waals surface area contributed by atoms with Crippen LogP contribution in [0, 0.1) is 13.8 Å². The molecule has 1 aromatic carbocycles. The van der Waals surface area contributed by atoms with E-state index in [1.54, 1.807) is 0 Å². The van der Waals surface area contributed by atoms with Crippen LogP contribution < -0.4 is 0 Å². The van der Waals surface area contributed by atoms with E-state index >= 15 is 0 Å². The van der Waals surface area contributed by atoms with E-state index in [4.69, 9.17) is 4.42 Å². The summed E-state index contributed by atoms with van der Waals surface area (Å²) in [6.45, 7) is 3.70. The summed E-state index contributed by atoms with van der Waals surface area (Å²) in [5, 5.41) is 7.07. The molecule has 3 rings (SSSR count). The highest BCUT2D eigenvalue weighted by Crippen LogP contribution is 2.23. The number of hydrogen-bond donors (Lipinski definition) is 1. The summed E-state index contributed by atoms with van der Waals surface area (Å²) in [7, 11) is 0. The maximum atomic E-state index is 5.50. The summed E-state index contributed by atoms with van der Waals surface area (Å²) in [4.78, 5) is 8.64. The Kier molecular flexibility index (Phi) is 2.44. The third-order valence-electron chi connectivity index (χ3n) is 2.64. The van der Waals surface area contributed by atoms with Crippen molar-refractivity contribution in [1.82, 2.24) is 20.2 Å². The van der Waals surface area contributed by atoms with Gasteiger partial charge in [0, 0.05) is 12.5 Å². The van der Waals surface area contributed by atoms with Crippen molar-refractivity contribution >= 4 is 0 Å². The number of nitrogens with zero attached hydrogens (tertiary/aromatic N) is 3. The van der Waals surface area contributed by atoms with Crippen molar-refractivity contribution in [1.29, 1.82) is 0 Å². The van der Waals surface area contributed by atoms with E-state index in [0.717, 1.165) is 11.3 Å². The zero-order chi connectivity index (χ0) is 12.5. The predicted octanol–water partition coefficient (Wildman–Crippen LogP) is 2.74. The quantitative estimate of drug-likeness (QED) is 0.747. The van der Waals surface area contributed by atoms with Gasteiger partial charge < -0.3 is 4.42 Å². The molecule has 0 fully saturated rings. The van der Waals surface area contributed by atoms with Gasteiger partial charge in [-0.15, -0.1) is 0 Å². The molecular weight excluding hydrogens is 228 g/mol. The Morgan fingerprint density at radius 2 is 1.83 bits per heavy atom. The van der Waals surface area contributed by atoms with Crippen molar-refractivity contribution in [3.63, 3.8) is 0 Å². The largest absolute Gasteiger partial charge is 0.437 e. The van der Waals surface area contributed by atoms with E-state index in [-0.39, 0.29) is 0 Å². The monoisotopic (exact) mass is 240 g/mol. The van der Waals surface area contributed by atoms with Crippen molar-refractivity contribution < 1.29 is 4.42 Å². The van der Waals surface area contributed by atoms with E-state index in [2.05, 4.69) is 20.2 Å². The van der Waals surface area contributed by atoms with Gasteiger partial charge in [-0.3, -0.25) is 5.10 Å². The summed E-state index contributed by atoms with van der Waals surface area (Å²) >= 11 is 0. The number of aryl methyl sites for hydroxylation is 2. The van der Waals surface area contributed by atoms with Crippen LogP contribution in [0.25, 0.3) is 23.0 Å². The molecule has 0 atom stereocenters. The first-order valence-electron chi connectivity index (χ1n) is 5.66. The summed E-state index contributed by atoms with van der Waals surface area (Å²) < 4.78 is 5.50. The van der Waals surface area contributed by atoms with Crippen LogP contribution >= 0.6 is 0 Å². The topological polar surface area (TPSA) is 67.6 Å². The zero-order valence-corrected chi connectivity index (χ0v) is 10.1. The maximum Gasteiger partial charge on any atom is 0.194 e. The van der Waals surface area contributed by atoms with Crippen LogP contribution in [-0.2, 0) is 0 Å². The minimum atomic E-state index is 0.604. The van der Waals surface area contributed by atoms with Gasteiger partial charge in [0.2, 0.25) is 0 Å². The Balaban J connectivity index is 2.02. The summed E-state index contributed by atoms with van der Waals surface area (Å²) in [6.07, 6.45) is 0. The number of aromatic amines is 1. The second-order valence-electron chi connectivity index (χ2n) is 4.02. The van der Waals surface area contributed by atoms with Crippen LogP contribution in [0.5, 0.6) is 0 Å². The second kappa shape index (κ2) is 4.10. The molecule has 1 N–H and O–H groups in total. The molecule has 0 aliphatic rings. The highest BCUT2D eigenvalue weighted by molar-refractivity contribution is 5.58. The first-order valence-corrected chi connectivity index (χ1v) is 5.66. The van der Waals surface area contributed by atoms with Crippen LogP contribution in [0.3, 0.4) is 0 Å². The van der Waals surface area contributed by atoms with Crippen molar-refractivity contribution in [2.45, 2.75) is 13.8 Å². The molecule has 0 radical (unpaired) electrons. The number of rotatable bonds is 2. The molecule has 18 heavy (non-hydrogen) atoms. The number of hydrogen-bond acceptors (Lipinski definition) is 4. The molecule has 2 aromatic heterocycles. The lowest BCUT2D eigenvalue weighted by Crippen LogP contribution is -1.81. The molecule has 2 heterocycles. The zero-order valence-electron chi connectivity index (χ0n) is 10.1. The number of nitrogens with one attached hydrogen (secondary N) is 1. The third-order valence-corrected chi connectivity index (χ3v) is 2.64. The fourth-order valence-corrected chi connectivity index (χ4v) is 1.83. The van der Waals surface area contributed by atoms with Gasteiger partial charge in [-0.05, 0) is 6.92 Å². The average Bonchev–Trinajstić information content (AvgIpc) is 2.97. The van der Waals surface area contributed by atoms with E-state index in [0.29, 0.717) is 23.3 Å².